The summed E-state index contributed by atoms with van der Waals surface area (Å²) in [5, 5.41) is 4.77. The van der Waals surface area contributed by atoms with E-state index in [4.69, 9.17) is 0 Å². The second-order valence-corrected chi connectivity index (χ2v) is 5.76. The van der Waals surface area contributed by atoms with E-state index in [9.17, 15) is 22.8 Å². The maximum Gasteiger partial charge on any atom is 0.243 e. The van der Waals surface area contributed by atoms with Gasteiger partial charge in [0.05, 0.1) is 13.1 Å². The van der Waals surface area contributed by atoms with Crippen molar-refractivity contribution in [3.05, 3.63) is 65.5 Å². The van der Waals surface area contributed by atoms with Crippen LogP contribution >= 0.6 is 0 Å². The molecule has 26 heavy (non-hydrogen) atoms. The van der Waals surface area contributed by atoms with Crippen molar-refractivity contribution in [2.75, 3.05) is 25.5 Å². The Balaban J connectivity index is 1.75. The van der Waals surface area contributed by atoms with Crippen molar-refractivity contribution in [2.45, 2.75) is 6.54 Å². The molecule has 0 aliphatic heterocycles. The largest absolute Gasteiger partial charge is 0.346 e. The standard InChI is InChI=1S/C18H18F3N3O2/c1-24(10-12-3-2-4-13(19)7-12)11-18(26)22-9-17(25)23-14-5-6-15(20)16(21)8-14/h2-8H,9-11H2,1H3,(H,22,26)(H,23,25). The number of rotatable bonds is 7. The van der Waals surface area contributed by atoms with Gasteiger partial charge in [0.25, 0.3) is 0 Å². The number of benzene rings is 2. The topological polar surface area (TPSA) is 61.4 Å². The van der Waals surface area contributed by atoms with E-state index in [1.807, 2.05) is 0 Å². The zero-order chi connectivity index (χ0) is 19.1. The van der Waals surface area contributed by atoms with Gasteiger partial charge in [0.1, 0.15) is 5.82 Å². The average Bonchev–Trinajstić information content (AvgIpc) is 2.56. The summed E-state index contributed by atoms with van der Waals surface area (Å²) in [6.45, 7) is 0.0623. The minimum atomic E-state index is -1.08. The summed E-state index contributed by atoms with van der Waals surface area (Å²) >= 11 is 0. The lowest BCUT2D eigenvalue weighted by molar-refractivity contribution is -0.124. The monoisotopic (exact) mass is 365 g/mol. The molecule has 2 aromatic rings. The van der Waals surface area contributed by atoms with Gasteiger partial charge in [0.2, 0.25) is 11.8 Å². The molecule has 5 nitrogen and oxygen atoms in total. The Morgan fingerprint density at radius 2 is 1.77 bits per heavy atom. The summed E-state index contributed by atoms with van der Waals surface area (Å²) < 4.78 is 39.0. The molecular formula is C18H18F3N3O2. The van der Waals surface area contributed by atoms with Gasteiger partial charge in [-0.2, -0.15) is 0 Å². The fraction of sp³-hybridized carbons (Fsp3) is 0.222. The average molecular weight is 365 g/mol. The molecule has 0 spiro atoms. The summed E-state index contributed by atoms with van der Waals surface area (Å²) in [6.07, 6.45) is 0. The van der Waals surface area contributed by atoms with Gasteiger partial charge in [0, 0.05) is 18.3 Å². The fourth-order valence-corrected chi connectivity index (χ4v) is 2.26. The Morgan fingerprint density at radius 1 is 1.00 bits per heavy atom. The lowest BCUT2D eigenvalue weighted by atomic mass is 10.2. The zero-order valence-electron chi connectivity index (χ0n) is 14.1. The highest BCUT2D eigenvalue weighted by Gasteiger charge is 2.10. The zero-order valence-corrected chi connectivity index (χ0v) is 14.1. The maximum absolute atomic E-state index is 13.1. The molecule has 0 aromatic heterocycles. The number of nitrogens with zero attached hydrogens (tertiary/aromatic N) is 1. The van der Waals surface area contributed by atoms with Crippen molar-refractivity contribution in [3.63, 3.8) is 0 Å². The second-order valence-electron chi connectivity index (χ2n) is 5.76. The van der Waals surface area contributed by atoms with E-state index in [0.717, 1.165) is 17.7 Å². The highest BCUT2D eigenvalue weighted by molar-refractivity contribution is 5.94. The molecule has 2 rings (SSSR count). The van der Waals surface area contributed by atoms with Crippen molar-refractivity contribution in [3.8, 4) is 0 Å². The van der Waals surface area contributed by atoms with Crippen molar-refractivity contribution in [1.82, 2.24) is 10.2 Å². The number of halogens is 3. The van der Waals surface area contributed by atoms with Gasteiger partial charge in [-0.3, -0.25) is 14.5 Å². The number of hydrogen-bond acceptors (Lipinski definition) is 3. The Labute approximate surface area is 148 Å². The molecule has 0 aliphatic carbocycles. The van der Waals surface area contributed by atoms with Gasteiger partial charge < -0.3 is 10.6 Å². The van der Waals surface area contributed by atoms with Crippen molar-refractivity contribution in [1.29, 1.82) is 0 Å². The SMILES string of the molecule is CN(CC(=O)NCC(=O)Nc1ccc(F)c(F)c1)Cc1cccc(F)c1. The van der Waals surface area contributed by atoms with Crippen molar-refractivity contribution >= 4 is 17.5 Å². The molecule has 2 N–H and O–H groups in total. The van der Waals surface area contributed by atoms with Crippen LogP contribution in [-0.4, -0.2) is 36.9 Å². The van der Waals surface area contributed by atoms with Crippen LogP contribution in [0.5, 0.6) is 0 Å². The molecule has 0 bridgehead atoms. The van der Waals surface area contributed by atoms with Gasteiger partial charge in [-0.05, 0) is 36.9 Å². The summed E-state index contributed by atoms with van der Waals surface area (Å²) in [6, 6.07) is 9.00. The van der Waals surface area contributed by atoms with Gasteiger partial charge in [0.15, 0.2) is 11.6 Å². The van der Waals surface area contributed by atoms with Crippen LogP contribution in [0.2, 0.25) is 0 Å². The van der Waals surface area contributed by atoms with Crippen LogP contribution in [0.4, 0.5) is 18.9 Å². The smallest absolute Gasteiger partial charge is 0.243 e. The van der Waals surface area contributed by atoms with E-state index in [2.05, 4.69) is 10.6 Å². The minimum Gasteiger partial charge on any atom is -0.346 e. The molecule has 0 atom stereocenters. The summed E-state index contributed by atoms with van der Waals surface area (Å²) in [7, 11) is 1.69. The first-order chi connectivity index (χ1) is 12.3. The quantitative estimate of drug-likeness (QED) is 0.792. The normalized spacial score (nSPS) is 10.7. The molecular weight excluding hydrogens is 347 g/mol. The van der Waals surface area contributed by atoms with Gasteiger partial charge >= 0.3 is 0 Å². The third-order valence-corrected chi connectivity index (χ3v) is 3.40. The maximum atomic E-state index is 13.1. The molecule has 0 saturated carbocycles. The third-order valence-electron chi connectivity index (χ3n) is 3.40. The molecule has 138 valence electrons. The van der Waals surface area contributed by atoms with Crippen LogP contribution in [0, 0.1) is 17.5 Å². The molecule has 0 aliphatic rings. The summed E-state index contributed by atoms with van der Waals surface area (Å²) in [5.41, 5.74) is 0.808. The molecule has 0 radical (unpaired) electrons. The van der Waals surface area contributed by atoms with Gasteiger partial charge in [-0.25, -0.2) is 13.2 Å². The number of likely N-dealkylation sites (N-methyl/N-ethyl adjacent to an activating group) is 1. The first-order valence-corrected chi connectivity index (χ1v) is 7.78. The summed E-state index contributed by atoms with van der Waals surface area (Å²) in [4.78, 5) is 25.2. The van der Waals surface area contributed by atoms with Crippen LogP contribution in [-0.2, 0) is 16.1 Å². The van der Waals surface area contributed by atoms with E-state index in [-0.39, 0.29) is 24.6 Å². The van der Waals surface area contributed by atoms with E-state index in [1.165, 1.54) is 18.2 Å². The third kappa shape index (κ3) is 6.21. The second kappa shape index (κ2) is 9.00. The summed E-state index contributed by atoms with van der Waals surface area (Å²) in [5.74, 6) is -3.42. The van der Waals surface area contributed by atoms with Crippen LogP contribution in [0.15, 0.2) is 42.5 Å². The molecule has 8 heteroatoms. The molecule has 0 fully saturated rings. The van der Waals surface area contributed by atoms with Gasteiger partial charge in [-0.1, -0.05) is 12.1 Å². The highest BCUT2D eigenvalue weighted by atomic mass is 19.2. The fourth-order valence-electron chi connectivity index (χ4n) is 2.26. The number of anilines is 1. The number of carbonyl (C=O) groups is 2. The highest BCUT2D eigenvalue weighted by Crippen LogP contribution is 2.12. The van der Waals surface area contributed by atoms with Crippen LogP contribution in [0.25, 0.3) is 0 Å². The molecule has 0 saturated heterocycles. The van der Waals surface area contributed by atoms with Crippen LogP contribution in [0.1, 0.15) is 5.56 Å². The molecule has 2 aromatic carbocycles. The van der Waals surface area contributed by atoms with Crippen LogP contribution < -0.4 is 10.6 Å². The molecule has 0 unspecified atom stereocenters. The minimum absolute atomic E-state index is 0.00890. The van der Waals surface area contributed by atoms with Gasteiger partial charge in [-0.15, -0.1) is 0 Å². The van der Waals surface area contributed by atoms with Crippen molar-refractivity contribution in [2.24, 2.45) is 0 Å². The van der Waals surface area contributed by atoms with Crippen molar-refractivity contribution < 1.29 is 22.8 Å². The van der Waals surface area contributed by atoms with Crippen LogP contribution in [0.3, 0.4) is 0 Å². The molecule has 0 heterocycles. The number of nitrogens with one attached hydrogen (secondary N) is 2. The van der Waals surface area contributed by atoms with E-state index in [1.54, 1.807) is 24.1 Å². The van der Waals surface area contributed by atoms with E-state index in [0.29, 0.717) is 6.54 Å². The number of amides is 2. The Bertz CT molecular complexity index is 799. The predicted molar refractivity (Wildman–Crippen MR) is 90.7 cm³/mol. The Hall–Kier alpha value is -2.87. The first-order valence-electron chi connectivity index (χ1n) is 7.78. The lowest BCUT2D eigenvalue weighted by Crippen LogP contribution is -2.39. The number of carbonyl (C=O) groups excluding carboxylic acids is 2. The Morgan fingerprint density at radius 3 is 2.46 bits per heavy atom. The van der Waals surface area contributed by atoms with E-state index >= 15 is 0 Å². The lowest BCUT2D eigenvalue weighted by Gasteiger charge is -2.16. The number of hydrogen-bond donors (Lipinski definition) is 2. The predicted octanol–water partition coefficient (Wildman–Crippen LogP) is 2.29. The first kappa shape index (κ1) is 19.5. The molecule has 2 amide bonds. The Kier molecular flexibility index (Phi) is 6.74. The van der Waals surface area contributed by atoms with E-state index < -0.39 is 23.4 Å².